The van der Waals surface area contributed by atoms with Crippen LogP contribution in [0.4, 0.5) is 5.13 Å². The van der Waals surface area contributed by atoms with Crippen molar-refractivity contribution in [1.29, 1.82) is 0 Å². The van der Waals surface area contributed by atoms with Crippen molar-refractivity contribution in [3.63, 3.8) is 0 Å². The second kappa shape index (κ2) is 10.4. The van der Waals surface area contributed by atoms with Crippen LogP contribution in [0.5, 0.6) is 5.75 Å². The quantitative estimate of drug-likeness (QED) is 0.406. The molecule has 0 spiro atoms. The number of halogens is 1. The molecule has 0 aliphatic carbocycles. The number of piperazine rings is 1. The summed E-state index contributed by atoms with van der Waals surface area (Å²) in [6, 6.07) is 14.7. The van der Waals surface area contributed by atoms with Crippen molar-refractivity contribution < 1.29 is 13.9 Å². The molecule has 4 aromatic rings. The number of methoxy groups -OCH3 is 1. The summed E-state index contributed by atoms with van der Waals surface area (Å²) in [4.78, 5) is 34.0. The van der Waals surface area contributed by atoms with Gasteiger partial charge in [-0.3, -0.25) is 9.69 Å². The summed E-state index contributed by atoms with van der Waals surface area (Å²) in [5.41, 5.74) is 0.795. The van der Waals surface area contributed by atoms with E-state index in [0.29, 0.717) is 18.7 Å². The first-order valence-electron chi connectivity index (χ1n) is 10.8. The Kier molecular flexibility index (Phi) is 7.35. The fourth-order valence-corrected chi connectivity index (χ4v) is 5.05. The van der Waals surface area contributed by atoms with E-state index in [1.54, 1.807) is 36.6 Å². The lowest BCUT2D eigenvalue weighted by atomic mass is 10.2. The number of rotatable bonds is 6. The third-order valence-corrected chi connectivity index (χ3v) is 6.91. The van der Waals surface area contributed by atoms with Gasteiger partial charge in [-0.1, -0.05) is 35.6 Å². The van der Waals surface area contributed by atoms with Crippen LogP contribution in [0.25, 0.3) is 21.2 Å². The van der Waals surface area contributed by atoms with Gasteiger partial charge in [-0.05, 0) is 24.3 Å². The molecule has 1 N–H and O–H groups in total. The number of para-hydroxylation sites is 2. The minimum absolute atomic E-state index is 0. The van der Waals surface area contributed by atoms with Crippen molar-refractivity contribution in [3.8, 4) is 5.75 Å². The van der Waals surface area contributed by atoms with Gasteiger partial charge in [-0.15, -0.1) is 12.4 Å². The van der Waals surface area contributed by atoms with E-state index in [0.717, 1.165) is 52.7 Å². The van der Waals surface area contributed by atoms with E-state index in [-0.39, 0.29) is 18.0 Å². The first kappa shape index (κ1) is 24.0. The number of aromatic nitrogens is 1. The summed E-state index contributed by atoms with van der Waals surface area (Å²) in [6.07, 6.45) is 0. The topological polar surface area (TPSA) is 87.9 Å². The van der Waals surface area contributed by atoms with Gasteiger partial charge in [0.15, 0.2) is 5.13 Å². The van der Waals surface area contributed by atoms with E-state index in [9.17, 15) is 9.59 Å². The Balaban J connectivity index is 0.00000274. The second-order valence-corrected chi connectivity index (χ2v) is 8.88. The zero-order valence-corrected chi connectivity index (χ0v) is 20.3. The minimum atomic E-state index is -0.618. The highest BCUT2D eigenvalue weighted by Gasteiger charge is 2.21. The molecule has 0 unspecified atom stereocenters. The number of ether oxygens (including phenoxy) is 1. The molecule has 3 heterocycles. The monoisotopic (exact) mass is 500 g/mol. The number of hydrogen-bond acceptors (Lipinski definition) is 8. The number of thiazole rings is 1. The van der Waals surface area contributed by atoms with Crippen molar-refractivity contribution in [2.45, 2.75) is 0 Å². The number of carbonyl (C=O) groups excluding carboxylic acids is 1. The molecular formula is C24H25ClN4O4S. The van der Waals surface area contributed by atoms with Gasteiger partial charge in [0, 0.05) is 44.7 Å². The SMILES string of the molecule is COc1cccc2sc(N3CCN(CCNC(=O)c4cc5ccccc5oc4=O)CC3)nc12.Cl. The lowest BCUT2D eigenvalue weighted by molar-refractivity contribution is 0.0944. The Labute approximate surface area is 206 Å². The third kappa shape index (κ3) is 4.86. The molecule has 10 heteroatoms. The summed E-state index contributed by atoms with van der Waals surface area (Å²) in [5.74, 6) is 0.390. The average molecular weight is 501 g/mol. The molecule has 1 fully saturated rings. The van der Waals surface area contributed by atoms with E-state index < -0.39 is 11.5 Å². The van der Waals surface area contributed by atoms with E-state index in [2.05, 4.69) is 21.2 Å². The maximum Gasteiger partial charge on any atom is 0.349 e. The highest BCUT2D eigenvalue weighted by atomic mass is 35.5. The van der Waals surface area contributed by atoms with Gasteiger partial charge < -0.3 is 19.4 Å². The predicted octanol–water partition coefficient (Wildman–Crippen LogP) is 3.39. The van der Waals surface area contributed by atoms with Crippen LogP contribution < -0.4 is 20.6 Å². The van der Waals surface area contributed by atoms with Crippen LogP contribution >= 0.6 is 23.7 Å². The first-order chi connectivity index (χ1) is 16.1. The van der Waals surface area contributed by atoms with Crippen LogP contribution in [0.2, 0.25) is 0 Å². The number of nitrogens with zero attached hydrogens (tertiary/aromatic N) is 3. The van der Waals surface area contributed by atoms with E-state index in [1.165, 1.54) is 0 Å². The highest BCUT2D eigenvalue weighted by molar-refractivity contribution is 7.22. The number of carbonyl (C=O) groups is 1. The molecule has 8 nitrogen and oxygen atoms in total. The maximum absolute atomic E-state index is 12.5. The van der Waals surface area contributed by atoms with Crippen LogP contribution in [-0.4, -0.2) is 62.2 Å². The summed E-state index contributed by atoms with van der Waals surface area (Å²) >= 11 is 1.68. The van der Waals surface area contributed by atoms with Crippen molar-refractivity contribution in [3.05, 3.63) is 64.5 Å². The van der Waals surface area contributed by atoms with Crippen LogP contribution in [-0.2, 0) is 0 Å². The summed E-state index contributed by atoms with van der Waals surface area (Å²) in [7, 11) is 1.66. The van der Waals surface area contributed by atoms with Gasteiger partial charge in [0.05, 0.1) is 11.8 Å². The minimum Gasteiger partial charge on any atom is -0.494 e. The lowest BCUT2D eigenvalue weighted by Gasteiger charge is -2.34. The molecule has 0 radical (unpaired) electrons. The smallest absolute Gasteiger partial charge is 0.349 e. The molecular weight excluding hydrogens is 476 g/mol. The molecule has 1 amide bonds. The van der Waals surface area contributed by atoms with Gasteiger partial charge in [-0.2, -0.15) is 0 Å². The van der Waals surface area contributed by atoms with E-state index in [1.807, 2.05) is 24.3 Å². The number of anilines is 1. The molecule has 1 saturated heterocycles. The standard InChI is InChI=1S/C24H24N4O4S.ClH/c1-31-19-7-4-8-20-21(19)26-24(33-20)28-13-11-27(12-14-28)10-9-25-22(29)17-15-16-5-2-3-6-18(16)32-23(17)30;/h2-8,15H,9-14H2,1H3,(H,25,29);1H. The normalized spacial score (nSPS) is 14.2. The molecule has 34 heavy (non-hydrogen) atoms. The van der Waals surface area contributed by atoms with Gasteiger partial charge in [0.1, 0.15) is 22.4 Å². The molecule has 178 valence electrons. The first-order valence-corrected chi connectivity index (χ1v) is 11.7. The van der Waals surface area contributed by atoms with Crippen LogP contribution in [0.15, 0.2) is 57.7 Å². The Hall–Kier alpha value is -3.14. The summed E-state index contributed by atoms with van der Waals surface area (Å²) in [6.45, 7) is 4.66. The average Bonchev–Trinajstić information content (AvgIpc) is 3.28. The predicted molar refractivity (Wildman–Crippen MR) is 137 cm³/mol. The van der Waals surface area contributed by atoms with Crippen LogP contribution in [0, 0.1) is 0 Å². The summed E-state index contributed by atoms with van der Waals surface area (Å²) in [5, 5.41) is 4.58. The number of benzene rings is 2. The van der Waals surface area contributed by atoms with E-state index in [4.69, 9.17) is 14.1 Å². The molecule has 0 bridgehead atoms. The fraction of sp³-hybridized carbons (Fsp3) is 0.292. The van der Waals surface area contributed by atoms with Gasteiger partial charge in [-0.25, -0.2) is 9.78 Å². The van der Waals surface area contributed by atoms with Crippen molar-refractivity contribution in [2.75, 3.05) is 51.3 Å². The van der Waals surface area contributed by atoms with Gasteiger partial charge >= 0.3 is 5.63 Å². The number of nitrogens with one attached hydrogen (secondary N) is 1. The summed E-state index contributed by atoms with van der Waals surface area (Å²) < 4.78 is 11.8. The maximum atomic E-state index is 12.5. The van der Waals surface area contributed by atoms with Crippen molar-refractivity contribution >= 4 is 56.0 Å². The Morgan fingerprint density at radius 1 is 1.15 bits per heavy atom. The molecule has 1 aliphatic rings. The molecule has 2 aromatic carbocycles. The third-order valence-electron chi connectivity index (χ3n) is 5.83. The largest absolute Gasteiger partial charge is 0.494 e. The Morgan fingerprint density at radius 2 is 1.94 bits per heavy atom. The lowest BCUT2D eigenvalue weighted by Crippen LogP contribution is -2.48. The molecule has 0 atom stereocenters. The number of amides is 1. The highest BCUT2D eigenvalue weighted by Crippen LogP contribution is 2.34. The van der Waals surface area contributed by atoms with Crippen LogP contribution in [0.1, 0.15) is 10.4 Å². The Bertz CT molecular complexity index is 1360. The molecule has 5 rings (SSSR count). The van der Waals surface area contributed by atoms with E-state index >= 15 is 0 Å². The zero-order valence-electron chi connectivity index (χ0n) is 18.7. The van der Waals surface area contributed by atoms with Crippen LogP contribution in [0.3, 0.4) is 0 Å². The molecule has 1 aliphatic heterocycles. The van der Waals surface area contributed by atoms with Crippen molar-refractivity contribution in [2.24, 2.45) is 0 Å². The van der Waals surface area contributed by atoms with Crippen molar-refractivity contribution in [1.82, 2.24) is 15.2 Å². The number of fused-ring (bicyclic) bond motifs is 2. The number of hydrogen-bond donors (Lipinski definition) is 1. The zero-order chi connectivity index (χ0) is 22.8. The second-order valence-electron chi connectivity index (χ2n) is 7.87. The fourth-order valence-electron chi connectivity index (χ4n) is 4.02. The van der Waals surface area contributed by atoms with Gasteiger partial charge in [0.25, 0.3) is 5.91 Å². The molecule has 2 aromatic heterocycles. The Morgan fingerprint density at radius 3 is 2.74 bits per heavy atom. The van der Waals surface area contributed by atoms with Gasteiger partial charge in [0.2, 0.25) is 0 Å². The molecule has 0 saturated carbocycles.